The quantitative estimate of drug-likeness (QED) is 0.475. The first-order valence-electron chi connectivity index (χ1n) is 6.87. The van der Waals surface area contributed by atoms with Crippen LogP contribution in [0.2, 0.25) is 0 Å². The van der Waals surface area contributed by atoms with Gasteiger partial charge in [0.15, 0.2) is 6.04 Å². The summed E-state index contributed by atoms with van der Waals surface area (Å²) in [5.41, 5.74) is 1.16. The van der Waals surface area contributed by atoms with Gasteiger partial charge in [0.25, 0.3) is 0 Å². The molecule has 0 spiro atoms. The molecule has 1 rings (SSSR count). The summed E-state index contributed by atoms with van der Waals surface area (Å²) in [5.74, 6) is -0.461. The predicted molar refractivity (Wildman–Crippen MR) is 85.4 cm³/mol. The Bertz CT molecular complexity index is 531. The molecule has 0 aliphatic carbocycles. The van der Waals surface area contributed by atoms with Crippen molar-refractivity contribution in [1.82, 2.24) is 5.32 Å². The van der Waals surface area contributed by atoms with Crippen LogP contribution in [0, 0.1) is 0 Å². The van der Waals surface area contributed by atoms with Gasteiger partial charge >= 0.3 is 11.9 Å². The molecule has 1 N–H and O–H groups in total. The van der Waals surface area contributed by atoms with E-state index < -0.39 is 12.0 Å². The Balaban J connectivity index is 0.00000441. The third kappa shape index (κ3) is 6.22. The van der Waals surface area contributed by atoms with E-state index in [9.17, 15) is 9.59 Å². The summed E-state index contributed by atoms with van der Waals surface area (Å²) in [6.07, 6.45) is 0.256. The van der Waals surface area contributed by atoms with Gasteiger partial charge in [0.1, 0.15) is 5.75 Å². The maximum Gasteiger partial charge on any atom is 0.333 e. The molecule has 5 nitrogen and oxygen atoms in total. The molecule has 0 saturated carbocycles. The number of benzene rings is 1. The summed E-state index contributed by atoms with van der Waals surface area (Å²) in [7, 11) is 0. The summed E-state index contributed by atoms with van der Waals surface area (Å²) >= 11 is 0. The molecule has 0 saturated heterocycles. The first kappa shape index (κ1) is 20.7. The van der Waals surface area contributed by atoms with Gasteiger partial charge in [-0.15, -0.1) is 0 Å². The Labute approximate surface area is 153 Å². The monoisotopic (exact) mass is 314 g/mol. The topological polar surface area (TPSA) is 64.6 Å². The van der Waals surface area contributed by atoms with Gasteiger partial charge in [-0.05, 0) is 19.9 Å². The van der Waals surface area contributed by atoms with E-state index in [1.165, 1.54) is 0 Å². The standard InChI is InChI=1S/C16H21NO4.Na/c1-5-14(18)21-13-10-8-7-9-12(13)15(17-11(3)4)16(19)20-6-2;/h7-10,15,17H,3,5-6H2,1-2,4H3;. The molecule has 1 aromatic rings. The molecule has 0 amide bonds. The summed E-state index contributed by atoms with van der Waals surface area (Å²) < 4.78 is 10.3. The van der Waals surface area contributed by atoms with Crippen LogP contribution >= 0.6 is 0 Å². The summed E-state index contributed by atoms with van der Waals surface area (Å²) in [5, 5.41) is 2.95. The van der Waals surface area contributed by atoms with Crippen molar-refractivity contribution in [2.24, 2.45) is 0 Å². The number of esters is 2. The molecule has 0 aliphatic rings. The van der Waals surface area contributed by atoms with Crippen LogP contribution < -0.4 is 10.1 Å². The Morgan fingerprint density at radius 2 is 1.91 bits per heavy atom. The molecule has 0 aliphatic heterocycles. The van der Waals surface area contributed by atoms with Gasteiger partial charge in [-0.25, -0.2) is 4.79 Å². The molecule has 0 aromatic heterocycles. The average Bonchev–Trinajstić information content (AvgIpc) is 2.45. The normalized spacial score (nSPS) is 10.9. The molecular formula is C16H21NNaO4. The first-order chi connectivity index (χ1) is 9.99. The van der Waals surface area contributed by atoms with Gasteiger partial charge in [-0.2, -0.15) is 0 Å². The molecule has 6 heteroatoms. The summed E-state index contributed by atoms with van der Waals surface area (Å²) in [6.45, 7) is 9.20. The van der Waals surface area contributed by atoms with Gasteiger partial charge < -0.3 is 14.8 Å². The molecule has 0 fully saturated rings. The summed E-state index contributed by atoms with van der Waals surface area (Å²) in [6, 6.07) is 6.11. The zero-order valence-electron chi connectivity index (χ0n) is 13.6. The minimum atomic E-state index is -0.761. The Morgan fingerprint density at radius 3 is 2.45 bits per heavy atom. The maximum absolute atomic E-state index is 12.1. The molecule has 0 heterocycles. The van der Waals surface area contributed by atoms with Gasteiger partial charge in [0, 0.05) is 47.2 Å². The van der Waals surface area contributed by atoms with E-state index in [4.69, 9.17) is 9.47 Å². The molecule has 22 heavy (non-hydrogen) atoms. The van der Waals surface area contributed by atoms with Crippen LogP contribution in [0.4, 0.5) is 0 Å². The van der Waals surface area contributed by atoms with E-state index in [0.717, 1.165) is 0 Å². The second kappa shape index (κ2) is 10.4. The second-order valence-corrected chi connectivity index (χ2v) is 4.48. The van der Waals surface area contributed by atoms with Crippen LogP contribution in [0.25, 0.3) is 0 Å². The number of allylic oxidation sites excluding steroid dienone is 1. The van der Waals surface area contributed by atoms with Crippen molar-refractivity contribution in [2.75, 3.05) is 6.61 Å². The van der Waals surface area contributed by atoms with Crippen molar-refractivity contribution in [3.63, 3.8) is 0 Å². The third-order valence-electron chi connectivity index (χ3n) is 2.66. The van der Waals surface area contributed by atoms with E-state index in [-0.39, 0.29) is 48.6 Å². The third-order valence-corrected chi connectivity index (χ3v) is 2.66. The maximum atomic E-state index is 12.1. The molecule has 115 valence electrons. The number of ether oxygens (including phenoxy) is 2. The van der Waals surface area contributed by atoms with Crippen molar-refractivity contribution < 1.29 is 19.1 Å². The first-order valence-corrected chi connectivity index (χ1v) is 6.87. The zero-order valence-corrected chi connectivity index (χ0v) is 15.6. The SMILES string of the molecule is C=C(C)NC(C(=O)OCC)c1ccccc1OC(=O)CC.[Na]. The molecule has 1 radical (unpaired) electrons. The van der Waals surface area contributed by atoms with Gasteiger partial charge in [-0.1, -0.05) is 31.7 Å². The number of carbonyl (C=O) groups excluding carboxylic acids is 2. The number of para-hydroxylation sites is 1. The molecule has 0 bridgehead atoms. The van der Waals surface area contributed by atoms with E-state index in [1.807, 2.05) is 0 Å². The molecule has 1 aromatic carbocycles. The van der Waals surface area contributed by atoms with E-state index in [1.54, 1.807) is 45.0 Å². The van der Waals surface area contributed by atoms with Crippen LogP contribution in [0.3, 0.4) is 0 Å². The minimum Gasteiger partial charge on any atom is -0.464 e. The fourth-order valence-corrected chi connectivity index (χ4v) is 1.74. The second-order valence-electron chi connectivity index (χ2n) is 4.48. The number of hydrogen-bond acceptors (Lipinski definition) is 5. The molecular weight excluding hydrogens is 293 g/mol. The van der Waals surface area contributed by atoms with Crippen molar-refractivity contribution in [3.8, 4) is 5.75 Å². The number of hydrogen-bond donors (Lipinski definition) is 1. The van der Waals surface area contributed by atoms with E-state index in [0.29, 0.717) is 17.0 Å². The fourth-order valence-electron chi connectivity index (χ4n) is 1.74. The van der Waals surface area contributed by atoms with Crippen molar-refractivity contribution >= 4 is 41.5 Å². The van der Waals surface area contributed by atoms with E-state index >= 15 is 0 Å². The number of nitrogens with one attached hydrogen (secondary N) is 1. The van der Waals surface area contributed by atoms with Gasteiger partial charge in [-0.3, -0.25) is 4.79 Å². The van der Waals surface area contributed by atoms with Crippen molar-refractivity contribution in [1.29, 1.82) is 0 Å². The van der Waals surface area contributed by atoms with Crippen molar-refractivity contribution in [3.05, 3.63) is 42.1 Å². The van der Waals surface area contributed by atoms with Gasteiger partial charge in [0.2, 0.25) is 0 Å². The Morgan fingerprint density at radius 1 is 1.27 bits per heavy atom. The van der Waals surface area contributed by atoms with Crippen LogP contribution in [0.1, 0.15) is 38.8 Å². The molecule has 1 atom stereocenters. The average molecular weight is 314 g/mol. The minimum absolute atomic E-state index is 0. The number of rotatable bonds is 7. The zero-order chi connectivity index (χ0) is 15.8. The predicted octanol–water partition coefficient (Wildman–Crippen LogP) is 2.35. The smallest absolute Gasteiger partial charge is 0.333 e. The Hall–Kier alpha value is -1.30. The molecule has 1 unspecified atom stereocenters. The summed E-state index contributed by atoms with van der Waals surface area (Å²) in [4.78, 5) is 23.6. The van der Waals surface area contributed by atoms with Crippen LogP contribution in [-0.2, 0) is 14.3 Å². The van der Waals surface area contributed by atoms with E-state index in [2.05, 4.69) is 11.9 Å². The fraction of sp³-hybridized carbons (Fsp3) is 0.375. The van der Waals surface area contributed by atoms with Crippen molar-refractivity contribution in [2.45, 2.75) is 33.2 Å². The Kier molecular flexibility index (Phi) is 9.81. The number of carbonyl (C=O) groups is 2. The van der Waals surface area contributed by atoms with Crippen LogP contribution in [-0.4, -0.2) is 48.1 Å². The largest absolute Gasteiger partial charge is 0.464 e. The van der Waals surface area contributed by atoms with Crippen LogP contribution in [0.15, 0.2) is 36.5 Å². The van der Waals surface area contributed by atoms with Crippen LogP contribution in [0.5, 0.6) is 5.75 Å². The van der Waals surface area contributed by atoms with Gasteiger partial charge in [0.05, 0.1) is 6.61 Å².